The Morgan fingerprint density at radius 3 is 2.29 bits per heavy atom. The van der Waals surface area contributed by atoms with Gasteiger partial charge in [-0.3, -0.25) is 4.90 Å². The second kappa shape index (κ2) is 6.38. The highest BCUT2D eigenvalue weighted by molar-refractivity contribution is 4.89. The van der Waals surface area contributed by atoms with E-state index < -0.39 is 0 Å². The zero-order chi connectivity index (χ0) is 11.2. The molecule has 0 amide bonds. The maximum atomic E-state index is 5.86. The molecule has 3 heteroatoms. The summed E-state index contributed by atoms with van der Waals surface area (Å²) in [4.78, 5) is 2.33. The number of hydrogen-bond donors (Lipinski definition) is 1. The molecule has 2 N–H and O–H groups in total. The summed E-state index contributed by atoms with van der Waals surface area (Å²) in [7, 11) is 3.87. The van der Waals surface area contributed by atoms with Crippen LogP contribution in [0.2, 0.25) is 0 Å². The second-order valence-corrected chi connectivity index (χ2v) is 4.49. The Kier molecular flexibility index (Phi) is 6.33. The minimum Gasteiger partial charge on any atom is -0.383 e. The molecule has 0 bridgehead atoms. The molecule has 0 fully saturated rings. The van der Waals surface area contributed by atoms with Crippen LogP contribution in [0.4, 0.5) is 0 Å². The van der Waals surface area contributed by atoms with Gasteiger partial charge in [-0.1, -0.05) is 20.8 Å². The van der Waals surface area contributed by atoms with E-state index in [2.05, 4.69) is 32.7 Å². The molecule has 0 spiro atoms. The predicted octanol–water partition coefficient (Wildman–Crippen LogP) is 1.33. The van der Waals surface area contributed by atoms with E-state index in [4.69, 9.17) is 10.5 Å². The average Bonchev–Trinajstić information content (AvgIpc) is 2.13. The van der Waals surface area contributed by atoms with Crippen LogP contribution >= 0.6 is 0 Å². The molecule has 0 aromatic heterocycles. The van der Waals surface area contributed by atoms with E-state index in [1.165, 1.54) is 0 Å². The zero-order valence-corrected chi connectivity index (χ0v) is 10.3. The van der Waals surface area contributed by atoms with Crippen molar-refractivity contribution in [1.82, 2.24) is 4.90 Å². The Balaban J connectivity index is 4.43. The van der Waals surface area contributed by atoms with E-state index in [0.717, 1.165) is 13.0 Å². The Morgan fingerprint density at radius 2 is 2.00 bits per heavy atom. The van der Waals surface area contributed by atoms with Crippen LogP contribution < -0.4 is 5.73 Å². The molecule has 0 rings (SSSR count). The van der Waals surface area contributed by atoms with Crippen LogP contribution in [0.15, 0.2) is 0 Å². The molecular formula is C11H26N2O. The fourth-order valence-electron chi connectivity index (χ4n) is 1.85. The van der Waals surface area contributed by atoms with Crippen molar-refractivity contribution in [3.8, 4) is 0 Å². The van der Waals surface area contributed by atoms with Crippen LogP contribution in [0.3, 0.4) is 0 Å². The monoisotopic (exact) mass is 202 g/mol. The van der Waals surface area contributed by atoms with Crippen molar-refractivity contribution < 1.29 is 4.74 Å². The fourth-order valence-corrected chi connectivity index (χ4v) is 1.85. The molecule has 0 aliphatic carbocycles. The predicted molar refractivity (Wildman–Crippen MR) is 61.4 cm³/mol. The number of methoxy groups -OCH3 is 1. The number of hydrogen-bond acceptors (Lipinski definition) is 3. The van der Waals surface area contributed by atoms with E-state index in [1.54, 1.807) is 7.11 Å². The molecular weight excluding hydrogens is 176 g/mol. The summed E-state index contributed by atoms with van der Waals surface area (Å²) in [5.74, 6) is 0.661. The lowest BCUT2D eigenvalue weighted by molar-refractivity contribution is 0.0220. The highest BCUT2D eigenvalue weighted by Crippen LogP contribution is 2.18. The van der Waals surface area contributed by atoms with Gasteiger partial charge in [0.05, 0.1) is 12.1 Å². The van der Waals surface area contributed by atoms with Crippen molar-refractivity contribution in [2.45, 2.75) is 32.7 Å². The van der Waals surface area contributed by atoms with Gasteiger partial charge < -0.3 is 10.5 Å². The van der Waals surface area contributed by atoms with Gasteiger partial charge in [0, 0.05) is 20.2 Å². The topological polar surface area (TPSA) is 38.5 Å². The molecule has 0 aromatic carbocycles. The summed E-state index contributed by atoms with van der Waals surface area (Å²) in [5.41, 5.74) is 5.87. The molecule has 0 aliphatic heterocycles. The molecule has 0 radical (unpaired) electrons. The highest BCUT2D eigenvalue weighted by atomic mass is 16.5. The molecule has 0 saturated heterocycles. The first-order valence-electron chi connectivity index (χ1n) is 5.42. The van der Waals surface area contributed by atoms with E-state index >= 15 is 0 Å². The van der Waals surface area contributed by atoms with Crippen LogP contribution in [0.1, 0.15) is 27.2 Å². The summed E-state index contributed by atoms with van der Waals surface area (Å²) in [6.07, 6.45) is 1.03. The first-order valence-corrected chi connectivity index (χ1v) is 5.42. The van der Waals surface area contributed by atoms with E-state index in [0.29, 0.717) is 19.1 Å². The summed E-state index contributed by atoms with van der Waals surface area (Å²) >= 11 is 0. The average molecular weight is 202 g/mol. The maximum absolute atomic E-state index is 5.86. The summed E-state index contributed by atoms with van der Waals surface area (Å²) < 4.78 is 5.27. The van der Waals surface area contributed by atoms with Crippen LogP contribution in [0, 0.1) is 5.92 Å². The summed E-state index contributed by atoms with van der Waals surface area (Å²) in [5, 5.41) is 0. The highest BCUT2D eigenvalue weighted by Gasteiger charge is 2.31. The van der Waals surface area contributed by atoms with Gasteiger partial charge in [0.2, 0.25) is 0 Å². The lowest BCUT2D eigenvalue weighted by Crippen LogP contribution is -2.55. The van der Waals surface area contributed by atoms with Crippen LogP contribution in [0.5, 0.6) is 0 Å². The lowest BCUT2D eigenvalue weighted by atomic mass is 9.94. The number of ether oxygens (including phenoxy) is 1. The Hall–Kier alpha value is -0.120. The van der Waals surface area contributed by atoms with E-state index in [9.17, 15) is 0 Å². The van der Waals surface area contributed by atoms with Gasteiger partial charge in [0.15, 0.2) is 0 Å². The van der Waals surface area contributed by atoms with Gasteiger partial charge >= 0.3 is 0 Å². The fraction of sp³-hybridized carbons (Fsp3) is 1.00. The molecule has 14 heavy (non-hydrogen) atoms. The van der Waals surface area contributed by atoms with Crippen molar-refractivity contribution in [2.75, 3.05) is 33.9 Å². The third-order valence-electron chi connectivity index (χ3n) is 2.90. The lowest BCUT2D eigenvalue weighted by Gasteiger charge is -2.41. The maximum Gasteiger partial charge on any atom is 0.0658 e. The molecule has 3 nitrogen and oxygen atoms in total. The minimum absolute atomic E-state index is 0.0129. The van der Waals surface area contributed by atoms with Crippen molar-refractivity contribution >= 4 is 0 Å². The number of nitrogens with zero attached hydrogens (tertiary/aromatic N) is 1. The standard InChI is InChI=1S/C11H26N2O/c1-6-11(8-12,9-14-5)13(4)7-10(2)3/h10H,6-9,12H2,1-5H3. The van der Waals surface area contributed by atoms with E-state index in [1.807, 2.05) is 0 Å². The number of rotatable bonds is 7. The van der Waals surface area contributed by atoms with Gasteiger partial charge in [-0.15, -0.1) is 0 Å². The first-order chi connectivity index (χ1) is 6.52. The van der Waals surface area contributed by atoms with Crippen molar-refractivity contribution in [2.24, 2.45) is 11.7 Å². The summed E-state index contributed by atoms with van der Waals surface area (Å²) in [6.45, 7) is 9.04. The Bertz CT molecular complexity index is 144. The third-order valence-corrected chi connectivity index (χ3v) is 2.90. The van der Waals surface area contributed by atoms with Crippen molar-refractivity contribution in [3.63, 3.8) is 0 Å². The molecule has 0 heterocycles. The normalized spacial score (nSPS) is 16.3. The Labute approximate surface area is 88.6 Å². The first kappa shape index (κ1) is 13.9. The van der Waals surface area contributed by atoms with Gasteiger partial charge in [-0.25, -0.2) is 0 Å². The summed E-state index contributed by atoms with van der Waals surface area (Å²) in [6, 6.07) is 0. The quantitative estimate of drug-likeness (QED) is 0.677. The van der Waals surface area contributed by atoms with Crippen LogP contribution in [0.25, 0.3) is 0 Å². The van der Waals surface area contributed by atoms with Crippen LogP contribution in [-0.2, 0) is 4.74 Å². The largest absolute Gasteiger partial charge is 0.383 e. The van der Waals surface area contributed by atoms with Gasteiger partial charge in [0.1, 0.15) is 0 Å². The smallest absolute Gasteiger partial charge is 0.0658 e. The molecule has 0 aromatic rings. The SMILES string of the molecule is CCC(CN)(COC)N(C)CC(C)C. The van der Waals surface area contributed by atoms with Gasteiger partial charge in [-0.2, -0.15) is 0 Å². The molecule has 1 unspecified atom stereocenters. The number of likely N-dealkylation sites (N-methyl/N-ethyl adjacent to an activating group) is 1. The molecule has 86 valence electrons. The zero-order valence-electron chi connectivity index (χ0n) is 10.3. The minimum atomic E-state index is 0.0129. The van der Waals surface area contributed by atoms with Crippen molar-refractivity contribution in [3.05, 3.63) is 0 Å². The van der Waals surface area contributed by atoms with Crippen LogP contribution in [-0.4, -0.2) is 44.3 Å². The molecule has 0 saturated carbocycles. The number of nitrogens with two attached hydrogens (primary N) is 1. The Morgan fingerprint density at radius 1 is 1.43 bits per heavy atom. The third kappa shape index (κ3) is 3.56. The molecule has 0 aliphatic rings. The van der Waals surface area contributed by atoms with Crippen molar-refractivity contribution in [1.29, 1.82) is 0 Å². The second-order valence-electron chi connectivity index (χ2n) is 4.49. The van der Waals surface area contributed by atoms with E-state index in [-0.39, 0.29) is 5.54 Å². The van der Waals surface area contributed by atoms with Gasteiger partial charge in [0.25, 0.3) is 0 Å². The molecule has 1 atom stereocenters. The van der Waals surface area contributed by atoms with Gasteiger partial charge in [-0.05, 0) is 19.4 Å².